The van der Waals surface area contributed by atoms with Gasteiger partial charge in [0.2, 0.25) is 0 Å². The number of pyridine rings is 1. The molecule has 30 heavy (non-hydrogen) atoms. The molecule has 0 spiro atoms. The van der Waals surface area contributed by atoms with Crippen molar-refractivity contribution in [1.29, 1.82) is 0 Å². The van der Waals surface area contributed by atoms with Gasteiger partial charge < -0.3 is 9.40 Å². The lowest BCUT2D eigenvalue weighted by molar-refractivity contribution is 0.617. The molecule has 7 rings (SSSR count). The van der Waals surface area contributed by atoms with Crippen LogP contribution < -0.4 is 0 Å². The molecular formula is C27H16N2O. The molecule has 0 unspecified atom stereocenters. The third-order valence-electron chi connectivity index (χ3n) is 6.12. The highest BCUT2D eigenvalue weighted by Gasteiger charge is 2.19. The Morgan fingerprint density at radius 1 is 0.633 bits per heavy atom. The molecule has 0 aliphatic heterocycles. The number of H-pyrrole nitrogens is 1. The van der Waals surface area contributed by atoms with Gasteiger partial charge in [-0.3, -0.25) is 4.98 Å². The Labute approximate surface area is 171 Å². The van der Waals surface area contributed by atoms with E-state index in [0.29, 0.717) is 0 Å². The Morgan fingerprint density at radius 2 is 1.37 bits per heavy atom. The Bertz CT molecular complexity index is 1740. The summed E-state index contributed by atoms with van der Waals surface area (Å²) in [7, 11) is 0. The van der Waals surface area contributed by atoms with E-state index in [1.807, 2.05) is 36.7 Å². The summed E-state index contributed by atoms with van der Waals surface area (Å²) in [6, 6.07) is 27.4. The van der Waals surface area contributed by atoms with E-state index >= 15 is 0 Å². The predicted octanol–water partition coefficient (Wildman–Crippen LogP) is 7.44. The quantitative estimate of drug-likeness (QED) is 0.299. The van der Waals surface area contributed by atoms with Crippen LogP contribution in [0, 0.1) is 0 Å². The zero-order valence-electron chi connectivity index (χ0n) is 16.0. The summed E-state index contributed by atoms with van der Waals surface area (Å²) in [6.45, 7) is 0. The number of furan rings is 1. The number of benzene rings is 4. The summed E-state index contributed by atoms with van der Waals surface area (Å²) in [6.07, 6.45) is 3.65. The first-order valence-corrected chi connectivity index (χ1v) is 10.1. The van der Waals surface area contributed by atoms with Gasteiger partial charge in [0.1, 0.15) is 11.8 Å². The largest absolute Gasteiger partial charge is 0.464 e. The van der Waals surface area contributed by atoms with Crippen molar-refractivity contribution in [3.63, 3.8) is 0 Å². The molecule has 0 saturated heterocycles. The first-order valence-electron chi connectivity index (χ1n) is 10.1. The minimum absolute atomic E-state index is 0.876. The molecule has 140 valence electrons. The van der Waals surface area contributed by atoms with E-state index in [4.69, 9.17) is 4.42 Å². The van der Waals surface area contributed by atoms with E-state index in [0.717, 1.165) is 27.7 Å². The molecule has 0 atom stereocenters. The maximum atomic E-state index is 5.98. The van der Waals surface area contributed by atoms with Crippen molar-refractivity contribution >= 4 is 54.3 Å². The molecule has 1 N–H and O–H groups in total. The second kappa shape index (κ2) is 5.71. The SMILES string of the molecule is c1ccc(-c2coc3ccc4[nH]c5c6ccccc6c6ccccc6c5c4c23)nc1. The van der Waals surface area contributed by atoms with Gasteiger partial charge >= 0.3 is 0 Å². The van der Waals surface area contributed by atoms with E-state index in [2.05, 4.69) is 64.6 Å². The fourth-order valence-electron chi connectivity index (χ4n) is 4.87. The number of nitrogens with zero attached hydrogens (tertiary/aromatic N) is 1. The average Bonchev–Trinajstić information content (AvgIpc) is 3.41. The molecule has 0 radical (unpaired) electrons. The first kappa shape index (κ1) is 15.8. The molecule has 0 fully saturated rings. The van der Waals surface area contributed by atoms with E-state index < -0.39 is 0 Å². The van der Waals surface area contributed by atoms with Crippen molar-refractivity contribution in [2.75, 3.05) is 0 Å². The van der Waals surface area contributed by atoms with Crippen LogP contribution in [0.4, 0.5) is 0 Å². The summed E-state index contributed by atoms with van der Waals surface area (Å²) in [5.41, 5.74) is 5.09. The summed E-state index contributed by atoms with van der Waals surface area (Å²) >= 11 is 0. The number of rotatable bonds is 1. The highest BCUT2D eigenvalue weighted by atomic mass is 16.3. The summed E-state index contributed by atoms with van der Waals surface area (Å²) in [5.74, 6) is 0. The van der Waals surface area contributed by atoms with Gasteiger partial charge in [-0.05, 0) is 40.4 Å². The summed E-state index contributed by atoms with van der Waals surface area (Å²) < 4.78 is 5.98. The van der Waals surface area contributed by atoms with Crippen LogP contribution in [0.1, 0.15) is 0 Å². The van der Waals surface area contributed by atoms with E-state index in [9.17, 15) is 0 Å². The fourth-order valence-corrected chi connectivity index (χ4v) is 4.87. The number of aromatic nitrogens is 2. The number of nitrogens with one attached hydrogen (secondary N) is 1. The second-order valence-corrected chi connectivity index (χ2v) is 7.69. The maximum absolute atomic E-state index is 5.98. The number of hydrogen-bond donors (Lipinski definition) is 1. The van der Waals surface area contributed by atoms with Crippen LogP contribution in [0.25, 0.3) is 65.6 Å². The second-order valence-electron chi connectivity index (χ2n) is 7.69. The van der Waals surface area contributed by atoms with Gasteiger partial charge in [-0.15, -0.1) is 0 Å². The third-order valence-corrected chi connectivity index (χ3v) is 6.12. The van der Waals surface area contributed by atoms with Crippen molar-refractivity contribution in [2.24, 2.45) is 0 Å². The zero-order valence-corrected chi connectivity index (χ0v) is 16.0. The van der Waals surface area contributed by atoms with Crippen molar-refractivity contribution < 1.29 is 4.42 Å². The standard InChI is InChI=1S/C27H16N2O/c1-3-9-18-16(7-1)17-8-2-4-10-19(17)27-25(18)26-22(29-27)12-13-23-24(26)20(15-30-23)21-11-5-6-14-28-21/h1-15,29H. The molecule has 3 heterocycles. The van der Waals surface area contributed by atoms with Gasteiger partial charge in [-0.2, -0.15) is 0 Å². The number of aromatic amines is 1. The first-order chi connectivity index (χ1) is 14.9. The fraction of sp³-hybridized carbons (Fsp3) is 0. The van der Waals surface area contributed by atoms with Crippen LogP contribution in [0.2, 0.25) is 0 Å². The normalized spacial score (nSPS) is 12.0. The molecule has 0 saturated carbocycles. The summed E-state index contributed by atoms with van der Waals surface area (Å²) in [5, 5.41) is 8.55. The van der Waals surface area contributed by atoms with E-state index in [1.165, 1.54) is 37.8 Å². The Hall–Kier alpha value is -4.11. The molecule has 3 aromatic heterocycles. The smallest absolute Gasteiger partial charge is 0.135 e. The molecule has 0 aliphatic carbocycles. The lowest BCUT2D eigenvalue weighted by Gasteiger charge is -2.07. The maximum Gasteiger partial charge on any atom is 0.135 e. The van der Waals surface area contributed by atoms with Crippen LogP contribution in [0.3, 0.4) is 0 Å². The molecule has 7 aromatic rings. The molecule has 0 amide bonds. The third kappa shape index (κ3) is 1.96. The van der Waals surface area contributed by atoms with Crippen molar-refractivity contribution in [1.82, 2.24) is 9.97 Å². The van der Waals surface area contributed by atoms with Crippen molar-refractivity contribution in [3.8, 4) is 11.3 Å². The minimum atomic E-state index is 0.876. The van der Waals surface area contributed by atoms with Gasteiger partial charge in [-0.25, -0.2) is 0 Å². The van der Waals surface area contributed by atoms with Crippen LogP contribution in [-0.2, 0) is 0 Å². The predicted molar refractivity (Wildman–Crippen MR) is 124 cm³/mol. The van der Waals surface area contributed by atoms with Crippen LogP contribution in [0.5, 0.6) is 0 Å². The van der Waals surface area contributed by atoms with Gasteiger partial charge in [0, 0.05) is 38.8 Å². The lowest BCUT2D eigenvalue weighted by Crippen LogP contribution is -1.82. The van der Waals surface area contributed by atoms with Crippen LogP contribution in [0.15, 0.2) is 95.7 Å². The molecule has 0 aliphatic rings. The number of hydrogen-bond acceptors (Lipinski definition) is 2. The molecular weight excluding hydrogens is 368 g/mol. The average molecular weight is 384 g/mol. The molecule has 3 heteroatoms. The van der Waals surface area contributed by atoms with Gasteiger partial charge in [0.15, 0.2) is 0 Å². The number of fused-ring (bicyclic) bond motifs is 10. The Balaban J connectivity index is 1.80. The van der Waals surface area contributed by atoms with Gasteiger partial charge in [0.05, 0.1) is 11.2 Å². The highest BCUT2D eigenvalue weighted by Crippen LogP contribution is 2.44. The lowest BCUT2D eigenvalue weighted by atomic mass is 9.95. The Kier molecular flexibility index (Phi) is 3.00. The minimum Gasteiger partial charge on any atom is -0.464 e. The van der Waals surface area contributed by atoms with E-state index in [-0.39, 0.29) is 0 Å². The van der Waals surface area contributed by atoms with Gasteiger partial charge in [0.25, 0.3) is 0 Å². The van der Waals surface area contributed by atoms with Crippen molar-refractivity contribution in [2.45, 2.75) is 0 Å². The Morgan fingerprint density at radius 3 is 2.17 bits per heavy atom. The van der Waals surface area contributed by atoms with E-state index in [1.54, 1.807) is 0 Å². The van der Waals surface area contributed by atoms with Crippen LogP contribution in [-0.4, -0.2) is 9.97 Å². The molecule has 0 bridgehead atoms. The monoisotopic (exact) mass is 384 g/mol. The highest BCUT2D eigenvalue weighted by molar-refractivity contribution is 6.35. The molecule has 4 aromatic carbocycles. The topological polar surface area (TPSA) is 41.8 Å². The van der Waals surface area contributed by atoms with Crippen molar-refractivity contribution in [3.05, 3.63) is 91.3 Å². The summed E-state index contributed by atoms with van der Waals surface area (Å²) in [4.78, 5) is 8.30. The van der Waals surface area contributed by atoms with Gasteiger partial charge in [-0.1, -0.05) is 54.6 Å². The molecule has 3 nitrogen and oxygen atoms in total. The zero-order chi connectivity index (χ0) is 19.7. The van der Waals surface area contributed by atoms with Crippen LogP contribution >= 0.6 is 0 Å².